The van der Waals surface area contributed by atoms with Gasteiger partial charge in [-0.3, -0.25) is 10.1 Å². The summed E-state index contributed by atoms with van der Waals surface area (Å²) in [4.78, 5) is 22.3. The molecule has 16 heavy (non-hydrogen) atoms. The van der Waals surface area contributed by atoms with E-state index in [-0.39, 0.29) is 0 Å². The van der Waals surface area contributed by atoms with Crippen LogP contribution >= 0.6 is 0 Å². The molecule has 0 spiro atoms. The van der Waals surface area contributed by atoms with Gasteiger partial charge >= 0.3 is 6.03 Å². The average molecular weight is 231 g/mol. The van der Waals surface area contributed by atoms with Crippen molar-refractivity contribution in [2.24, 2.45) is 0 Å². The average Bonchev–Trinajstić information content (AvgIpc) is 2.25. The van der Waals surface area contributed by atoms with Crippen LogP contribution in [0.3, 0.4) is 0 Å². The zero-order valence-electron chi connectivity index (χ0n) is 10.3. The molecule has 4 N–H and O–H groups in total. The van der Waals surface area contributed by atoms with Crippen LogP contribution in [0.25, 0.3) is 0 Å². The lowest BCUT2D eigenvalue weighted by Gasteiger charge is -2.23. The summed E-state index contributed by atoms with van der Waals surface area (Å²) in [5.74, 6) is -0.425. The molecule has 0 rings (SSSR count). The smallest absolute Gasteiger partial charge is 0.321 e. The molecule has 6 nitrogen and oxygen atoms in total. The van der Waals surface area contributed by atoms with Crippen LogP contribution in [0.2, 0.25) is 0 Å². The molecule has 0 aromatic rings. The maximum Gasteiger partial charge on any atom is 0.321 e. The van der Waals surface area contributed by atoms with Gasteiger partial charge in [0.2, 0.25) is 5.91 Å². The molecule has 0 heterocycles. The third-order valence-corrected chi connectivity index (χ3v) is 2.41. The van der Waals surface area contributed by atoms with Gasteiger partial charge in [0.1, 0.15) is 0 Å². The van der Waals surface area contributed by atoms with E-state index in [1.54, 1.807) is 13.8 Å². The van der Waals surface area contributed by atoms with Gasteiger partial charge in [-0.1, -0.05) is 6.92 Å². The SMILES string of the molecule is CCC(C)(O)CNC(C)C(=O)NC(=O)NC. The molecule has 0 fully saturated rings. The van der Waals surface area contributed by atoms with Gasteiger partial charge in [-0.25, -0.2) is 4.79 Å². The molecular formula is C10H21N3O3. The van der Waals surface area contributed by atoms with Crippen molar-refractivity contribution in [1.29, 1.82) is 0 Å². The molecule has 0 radical (unpaired) electrons. The first kappa shape index (κ1) is 14.9. The zero-order valence-corrected chi connectivity index (χ0v) is 10.3. The van der Waals surface area contributed by atoms with Crippen molar-refractivity contribution >= 4 is 11.9 Å². The minimum absolute atomic E-state index is 0.297. The van der Waals surface area contributed by atoms with Crippen LogP contribution in [-0.2, 0) is 4.79 Å². The maximum atomic E-state index is 11.4. The minimum Gasteiger partial charge on any atom is -0.389 e. The Labute approximate surface area is 95.8 Å². The van der Waals surface area contributed by atoms with E-state index in [2.05, 4.69) is 16.0 Å². The predicted octanol–water partition coefficient (Wildman–Crippen LogP) is -0.419. The quantitative estimate of drug-likeness (QED) is 0.517. The molecule has 0 aliphatic heterocycles. The van der Waals surface area contributed by atoms with Crippen molar-refractivity contribution in [2.75, 3.05) is 13.6 Å². The Bertz CT molecular complexity index is 254. The summed E-state index contributed by atoms with van der Waals surface area (Å²) in [7, 11) is 1.43. The molecule has 2 unspecified atom stereocenters. The first-order valence-electron chi connectivity index (χ1n) is 5.30. The summed E-state index contributed by atoms with van der Waals surface area (Å²) in [5, 5.41) is 17.0. The highest BCUT2D eigenvalue weighted by Gasteiger charge is 2.21. The Morgan fingerprint density at radius 3 is 2.44 bits per heavy atom. The van der Waals surface area contributed by atoms with E-state index in [4.69, 9.17) is 0 Å². The van der Waals surface area contributed by atoms with Crippen LogP contribution in [0, 0.1) is 0 Å². The molecule has 0 saturated heterocycles. The van der Waals surface area contributed by atoms with Crippen molar-refractivity contribution in [2.45, 2.75) is 38.8 Å². The van der Waals surface area contributed by atoms with Gasteiger partial charge in [0.15, 0.2) is 0 Å². The lowest BCUT2D eigenvalue weighted by atomic mass is 10.0. The molecule has 6 heteroatoms. The number of hydrogen-bond donors (Lipinski definition) is 4. The normalized spacial score (nSPS) is 16.1. The molecule has 0 aromatic carbocycles. The molecule has 2 atom stereocenters. The van der Waals surface area contributed by atoms with E-state index < -0.39 is 23.6 Å². The third-order valence-electron chi connectivity index (χ3n) is 2.41. The lowest BCUT2D eigenvalue weighted by Crippen LogP contribution is -2.50. The van der Waals surface area contributed by atoms with Crippen molar-refractivity contribution in [3.8, 4) is 0 Å². The number of hydrogen-bond acceptors (Lipinski definition) is 4. The molecule has 0 bridgehead atoms. The molecule has 0 aromatic heterocycles. The van der Waals surface area contributed by atoms with E-state index in [0.29, 0.717) is 13.0 Å². The van der Waals surface area contributed by atoms with Crippen molar-refractivity contribution < 1.29 is 14.7 Å². The second-order valence-corrected chi connectivity index (χ2v) is 4.02. The summed E-state index contributed by atoms with van der Waals surface area (Å²) in [6, 6.07) is -1.07. The van der Waals surface area contributed by atoms with E-state index in [0.717, 1.165) is 0 Å². The summed E-state index contributed by atoms with van der Waals surface area (Å²) < 4.78 is 0. The largest absolute Gasteiger partial charge is 0.389 e. The van der Waals surface area contributed by atoms with Crippen molar-refractivity contribution in [3.63, 3.8) is 0 Å². The molecular weight excluding hydrogens is 210 g/mol. The number of carbonyl (C=O) groups is 2. The van der Waals surface area contributed by atoms with Gasteiger partial charge < -0.3 is 15.7 Å². The molecule has 0 saturated carbocycles. The fourth-order valence-electron chi connectivity index (χ4n) is 0.873. The number of aliphatic hydroxyl groups is 1. The third kappa shape index (κ3) is 5.67. The fourth-order valence-corrected chi connectivity index (χ4v) is 0.873. The van der Waals surface area contributed by atoms with Gasteiger partial charge in [0.05, 0.1) is 11.6 Å². The van der Waals surface area contributed by atoms with E-state index in [9.17, 15) is 14.7 Å². The van der Waals surface area contributed by atoms with Crippen LogP contribution in [0.1, 0.15) is 27.2 Å². The molecule has 0 aliphatic carbocycles. The Balaban J connectivity index is 4.02. The number of rotatable bonds is 5. The number of carbonyl (C=O) groups excluding carboxylic acids is 2. The number of amides is 3. The van der Waals surface area contributed by atoms with Gasteiger partial charge in [0.25, 0.3) is 0 Å². The zero-order chi connectivity index (χ0) is 12.8. The van der Waals surface area contributed by atoms with Crippen LogP contribution < -0.4 is 16.0 Å². The number of imide groups is 1. The Morgan fingerprint density at radius 1 is 1.44 bits per heavy atom. The molecule has 3 amide bonds. The summed E-state index contributed by atoms with van der Waals surface area (Å²) in [6.45, 7) is 5.47. The molecule has 94 valence electrons. The number of urea groups is 1. The van der Waals surface area contributed by atoms with Crippen molar-refractivity contribution in [3.05, 3.63) is 0 Å². The predicted molar refractivity (Wildman–Crippen MR) is 61.0 cm³/mol. The fraction of sp³-hybridized carbons (Fsp3) is 0.800. The van der Waals surface area contributed by atoms with E-state index >= 15 is 0 Å². The first-order chi connectivity index (χ1) is 7.32. The highest BCUT2D eigenvalue weighted by atomic mass is 16.3. The van der Waals surface area contributed by atoms with Crippen LogP contribution in [0.15, 0.2) is 0 Å². The monoisotopic (exact) mass is 231 g/mol. The first-order valence-corrected chi connectivity index (χ1v) is 5.30. The highest BCUT2D eigenvalue weighted by Crippen LogP contribution is 2.06. The van der Waals surface area contributed by atoms with Gasteiger partial charge in [-0.2, -0.15) is 0 Å². The van der Waals surface area contributed by atoms with Gasteiger partial charge in [-0.05, 0) is 20.3 Å². The van der Waals surface area contributed by atoms with Crippen molar-refractivity contribution in [1.82, 2.24) is 16.0 Å². The van der Waals surface area contributed by atoms with Gasteiger partial charge in [0, 0.05) is 13.6 Å². The number of nitrogens with one attached hydrogen (secondary N) is 3. The van der Waals surface area contributed by atoms with Crippen LogP contribution in [0.4, 0.5) is 4.79 Å². The minimum atomic E-state index is -0.846. The second kappa shape index (κ2) is 6.44. The Kier molecular flexibility index (Phi) is 5.98. The summed E-state index contributed by atoms with van der Waals surface area (Å²) >= 11 is 0. The highest BCUT2D eigenvalue weighted by molar-refractivity contribution is 5.96. The Hall–Kier alpha value is -1.14. The molecule has 0 aliphatic rings. The maximum absolute atomic E-state index is 11.4. The lowest BCUT2D eigenvalue weighted by molar-refractivity contribution is -0.121. The van der Waals surface area contributed by atoms with Crippen LogP contribution in [-0.4, -0.2) is 42.3 Å². The standard InChI is InChI=1S/C10H21N3O3/c1-5-10(3,16)6-12-7(2)8(14)13-9(15)11-4/h7,12,16H,5-6H2,1-4H3,(H2,11,13,14,15). The van der Waals surface area contributed by atoms with Crippen LogP contribution in [0.5, 0.6) is 0 Å². The summed E-state index contributed by atoms with van der Waals surface area (Å²) in [6.07, 6.45) is 0.587. The summed E-state index contributed by atoms with van der Waals surface area (Å²) in [5.41, 5.74) is -0.846. The van der Waals surface area contributed by atoms with Gasteiger partial charge in [-0.15, -0.1) is 0 Å². The Morgan fingerprint density at radius 2 is 2.00 bits per heavy atom. The van der Waals surface area contributed by atoms with E-state index in [1.165, 1.54) is 7.05 Å². The van der Waals surface area contributed by atoms with E-state index in [1.807, 2.05) is 6.92 Å². The second-order valence-electron chi connectivity index (χ2n) is 4.02. The topological polar surface area (TPSA) is 90.5 Å².